The van der Waals surface area contributed by atoms with Gasteiger partial charge in [-0.15, -0.1) is 0 Å². The molecule has 14 heteroatoms. The number of imidazole rings is 1. The number of carbonyl (C=O) groups excluding carboxylic acids is 3. The normalized spacial score (nSPS) is 15.6. The summed E-state index contributed by atoms with van der Waals surface area (Å²) >= 11 is 0. The van der Waals surface area contributed by atoms with Crippen molar-refractivity contribution in [2.24, 2.45) is 5.73 Å². The van der Waals surface area contributed by atoms with Crippen LogP contribution < -0.4 is 21.7 Å². The summed E-state index contributed by atoms with van der Waals surface area (Å²) in [6.07, 6.45) is 0.595. The Kier molecular flexibility index (Phi) is 9.56. The number of nitrogens with zero attached hydrogens (tertiary/aromatic N) is 1. The van der Waals surface area contributed by atoms with Gasteiger partial charge in [-0.05, 0) is 13.8 Å². The van der Waals surface area contributed by atoms with Crippen LogP contribution in [0.4, 0.5) is 0 Å². The number of carboxylic acids is 2. The Balaban J connectivity index is 2.77. The topological polar surface area (TPSA) is 237 Å². The molecule has 1 heterocycles. The molecule has 0 radical (unpaired) electrons. The van der Waals surface area contributed by atoms with E-state index in [1.807, 2.05) is 0 Å². The van der Waals surface area contributed by atoms with Crippen molar-refractivity contribution in [2.45, 2.75) is 57.0 Å². The fraction of sp³-hybridized carbons (Fsp3) is 0.529. The number of rotatable bonds is 12. The fourth-order valence-electron chi connectivity index (χ4n) is 2.36. The number of nitrogens with two attached hydrogens (primary N) is 1. The van der Waals surface area contributed by atoms with Crippen LogP contribution in [0.5, 0.6) is 0 Å². The molecule has 0 saturated heterocycles. The fourth-order valence-corrected chi connectivity index (χ4v) is 2.36. The summed E-state index contributed by atoms with van der Waals surface area (Å²) in [6, 6.07) is -5.55. The molecule has 0 aliphatic heterocycles. The lowest BCUT2D eigenvalue weighted by Gasteiger charge is -2.23. The Morgan fingerprint density at radius 3 is 2.13 bits per heavy atom. The number of amides is 3. The van der Waals surface area contributed by atoms with Gasteiger partial charge in [0.15, 0.2) is 0 Å². The van der Waals surface area contributed by atoms with E-state index < -0.39 is 66.4 Å². The highest BCUT2D eigenvalue weighted by Gasteiger charge is 2.30. The molecule has 9 N–H and O–H groups in total. The maximum absolute atomic E-state index is 12.4. The van der Waals surface area contributed by atoms with Crippen LogP contribution in [0.25, 0.3) is 0 Å². The van der Waals surface area contributed by atoms with Crippen molar-refractivity contribution < 1.29 is 39.3 Å². The van der Waals surface area contributed by atoms with Gasteiger partial charge < -0.3 is 42.0 Å². The van der Waals surface area contributed by atoms with E-state index in [2.05, 4.69) is 25.9 Å². The lowest BCUT2D eigenvalue weighted by molar-refractivity contribution is -0.143. The van der Waals surface area contributed by atoms with Gasteiger partial charge in [0, 0.05) is 18.3 Å². The zero-order chi connectivity index (χ0) is 23.7. The van der Waals surface area contributed by atoms with Crippen LogP contribution in [0, 0.1) is 0 Å². The Hall–Kier alpha value is -3.52. The van der Waals surface area contributed by atoms with Gasteiger partial charge in [-0.25, -0.2) is 9.78 Å². The first kappa shape index (κ1) is 25.5. The monoisotopic (exact) mass is 442 g/mol. The maximum Gasteiger partial charge on any atom is 0.326 e. The molecule has 1 aromatic rings. The zero-order valence-electron chi connectivity index (χ0n) is 16.9. The number of aromatic nitrogens is 2. The number of aliphatic hydroxyl groups excluding tert-OH is 1. The first-order chi connectivity index (χ1) is 14.4. The highest BCUT2D eigenvalue weighted by Crippen LogP contribution is 2.01. The number of hydrogen-bond acceptors (Lipinski definition) is 8. The molecule has 0 aromatic carbocycles. The Labute approximate surface area is 176 Å². The third-order valence-corrected chi connectivity index (χ3v) is 4.18. The van der Waals surface area contributed by atoms with Gasteiger partial charge in [0.2, 0.25) is 17.7 Å². The first-order valence-corrected chi connectivity index (χ1v) is 9.19. The van der Waals surface area contributed by atoms with E-state index in [9.17, 15) is 34.2 Å². The SMILES string of the molecule is CC(NC(=O)C(CC(=O)O)NC(=O)C(N)C(C)O)C(=O)NC(Cc1cnc[nH]1)C(=O)O. The number of carbonyl (C=O) groups is 5. The van der Waals surface area contributed by atoms with Crippen LogP contribution in [0.1, 0.15) is 26.0 Å². The molecule has 3 amide bonds. The predicted octanol–water partition coefficient (Wildman–Crippen LogP) is -3.31. The largest absolute Gasteiger partial charge is 0.481 e. The van der Waals surface area contributed by atoms with Crippen LogP contribution >= 0.6 is 0 Å². The summed E-state index contributed by atoms with van der Waals surface area (Å²) in [5, 5.41) is 34.2. The molecule has 5 unspecified atom stereocenters. The average Bonchev–Trinajstić information content (AvgIpc) is 3.18. The van der Waals surface area contributed by atoms with Crippen molar-refractivity contribution in [1.29, 1.82) is 0 Å². The minimum absolute atomic E-state index is 0.0866. The predicted molar refractivity (Wildman–Crippen MR) is 103 cm³/mol. The second-order valence-corrected chi connectivity index (χ2v) is 6.84. The van der Waals surface area contributed by atoms with E-state index in [4.69, 9.17) is 10.8 Å². The number of H-pyrrole nitrogens is 1. The van der Waals surface area contributed by atoms with Gasteiger partial charge in [0.05, 0.1) is 18.9 Å². The standard InChI is InChI=1S/C17H26N6O8/c1-7(14(27)23-11(17(30)31)3-9-5-19-6-20-9)21-15(28)10(4-12(25)26)22-16(29)13(18)8(2)24/h5-8,10-11,13,24H,3-4,18H2,1-2H3,(H,19,20)(H,21,28)(H,22,29)(H,23,27)(H,25,26)(H,30,31). The lowest BCUT2D eigenvalue weighted by Crippen LogP contribution is -2.58. The number of aromatic amines is 1. The molecule has 0 bridgehead atoms. The zero-order valence-corrected chi connectivity index (χ0v) is 16.9. The van der Waals surface area contributed by atoms with Crippen LogP contribution in [0.15, 0.2) is 12.5 Å². The molecule has 31 heavy (non-hydrogen) atoms. The lowest BCUT2D eigenvalue weighted by atomic mass is 10.1. The molecule has 14 nitrogen and oxygen atoms in total. The van der Waals surface area contributed by atoms with E-state index in [-0.39, 0.29) is 6.42 Å². The number of nitrogens with one attached hydrogen (secondary N) is 4. The molecule has 172 valence electrons. The van der Waals surface area contributed by atoms with Crippen molar-refractivity contribution in [1.82, 2.24) is 25.9 Å². The quantitative estimate of drug-likeness (QED) is 0.160. The van der Waals surface area contributed by atoms with Crippen molar-refractivity contribution >= 4 is 29.7 Å². The van der Waals surface area contributed by atoms with Gasteiger partial charge in [0.25, 0.3) is 0 Å². The van der Waals surface area contributed by atoms with E-state index in [1.165, 1.54) is 26.4 Å². The molecule has 0 saturated carbocycles. The summed E-state index contributed by atoms with van der Waals surface area (Å²) in [4.78, 5) is 65.5. The van der Waals surface area contributed by atoms with Gasteiger partial charge in [-0.3, -0.25) is 19.2 Å². The van der Waals surface area contributed by atoms with Gasteiger partial charge in [-0.2, -0.15) is 0 Å². The van der Waals surface area contributed by atoms with Gasteiger partial charge in [-0.1, -0.05) is 0 Å². The smallest absolute Gasteiger partial charge is 0.326 e. The van der Waals surface area contributed by atoms with Crippen LogP contribution in [-0.4, -0.2) is 85.2 Å². The van der Waals surface area contributed by atoms with Crippen molar-refractivity contribution in [3.8, 4) is 0 Å². The Morgan fingerprint density at radius 2 is 1.65 bits per heavy atom. The van der Waals surface area contributed by atoms with Crippen LogP contribution in [0.3, 0.4) is 0 Å². The van der Waals surface area contributed by atoms with Crippen molar-refractivity contribution in [2.75, 3.05) is 0 Å². The Bertz CT molecular complexity index is 797. The molecule has 0 aliphatic rings. The van der Waals surface area contributed by atoms with E-state index in [0.717, 1.165) is 0 Å². The van der Waals surface area contributed by atoms with E-state index in [1.54, 1.807) is 0 Å². The minimum Gasteiger partial charge on any atom is -0.481 e. The second kappa shape index (κ2) is 11.6. The second-order valence-electron chi connectivity index (χ2n) is 6.84. The average molecular weight is 442 g/mol. The summed E-state index contributed by atoms with van der Waals surface area (Å²) in [5.41, 5.74) is 5.92. The third-order valence-electron chi connectivity index (χ3n) is 4.18. The minimum atomic E-state index is -1.58. The highest BCUT2D eigenvalue weighted by atomic mass is 16.4. The van der Waals surface area contributed by atoms with Crippen LogP contribution in [-0.2, 0) is 30.4 Å². The molecule has 0 fully saturated rings. The van der Waals surface area contributed by atoms with Crippen molar-refractivity contribution in [3.63, 3.8) is 0 Å². The Morgan fingerprint density at radius 1 is 1.03 bits per heavy atom. The summed E-state index contributed by atoms with van der Waals surface area (Å²) in [5.74, 6) is -5.53. The van der Waals surface area contributed by atoms with E-state index in [0.29, 0.717) is 5.69 Å². The summed E-state index contributed by atoms with van der Waals surface area (Å²) < 4.78 is 0. The molecule has 0 spiro atoms. The van der Waals surface area contributed by atoms with Gasteiger partial charge >= 0.3 is 11.9 Å². The molecule has 0 aliphatic carbocycles. The van der Waals surface area contributed by atoms with Gasteiger partial charge in [0.1, 0.15) is 24.2 Å². The summed E-state index contributed by atoms with van der Waals surface area (Å²) in [6.45, 7) is 2.49. The number of hydrogen-bond donors (Lipinski definition) is 8. The first-order valence-electron chi connectivity index (χ1n) is 9.19. The number of aliphatic hydroxyl groups is 1. The van der Waals surface area contributed by atoms with E-state index >= 15 is 0 Å². The molecule has 1 rings (SSSR count). The molecular formula is C17H26N6O8. The third kappa shape index (κ3) is 8.39. The maximum atomic E-state index is 12.4. The van der Waals surface area contributed by atoms with Crippen molar-refractivity contribution in [3.05, 3.63) is 18.2 Å². The number of carboxylic acid groups (broad SMARTS) is 2. The molecule has 1 aromatic heterocycles. The molecular weight excluding hydrogens is 416 g/mol. The van der Waals surface area contributed by atoms with Crippen LogP contribution in [0.2, 0.25) is 0 Å². The highest BCUT2D eigenvalue weighted by molar-refractivity contribution is 5.95. The molecule has 5 atom stereocenters. The number of aliphatic carboxylic acids is 2. The summed E-state index contributed by atoms with van der Waals surface area (Å²) in [7, 11) is 0.